The van der Waals surface area contributed by atoms with Crippen LogP contribution in [-0.2, 0) is 16.0 Å². The number of nitrogens with zero attached hydrogens (tertiary/aromatic N) is 3. The van der Waals surface area contributed by atoms with Crippen LogP contribution >= 0.6 is 11.3 Å². The van der Waals surface area contributed by atoms with Gasteiger partial charge in [0.1, 0.15) is 0 Å². The molecule has 0 unspecified atom stereocenters. The van der Waals surface area contributed by atoms with Crippen molar-refractivity contribution >= 4 is 34.0 Å². The number of thiazole rings is 1. The predicted molar refractivity (Wildman–Crippen MR) is 109 cm³/mol. The van der Waals surface area contributed by atoms with Gasteiger partial charge in [-0.1, -0.05) is 12.1 Å². The number of anilines is 2. The maximum atomic E-state index is 12.2. The van der Waals surface area contributed by atoms with Crippen LogP contribution in [0, 0.1) is 6.92 Å². The maximum Gasteiger partial charge on any atom is 0.228 e. The Kier molecular flexibility index (Phi) is 6.45. The third kappa shape index (κ3) is 5.07. The fraction of sp³-hybridized carbons (Fsp3) is 0.450. The molecule has 2 amide bonds. The van der Waals surface area contributed by atoms with E-state index in [1.165, 1.54) is 22.6 Å². The molecule has 0 bridgehead atoms. The van der Waals surface area contributed by atoms with E-state index in [2.05, 4.69) is 53.3 Å². The Labute approximate surface area is 164 Å². The molecule has 0 aliphatic carbocycles. The first-order valence-corrected chi connectivity index (χ1v) is 10.3. The lowest BCUT2D eigenvalue weighted by molar-refractivity contribution is -0.120. The van der Waals surface area contributed by atoms with Gasteiger partial charge < -0.3 is 10.2 Å². The zero-order valence-electron chi connectivity index (χ0n) is 15.9. The largest absolute Gasteiger partial charge is 0.370 e. The summed E-state index contributed by atoms with van der Waals surface area (Å²) in [7, 11) is 0. The van der Waals surface area contributed by atoms with E-state index in [9.17, 15) is 9.59 Å². The lowest BCUT2D eigenvalue weighted by Crippen LogP contribution is -2.35. The average molecular weight is 387 g/mol. The van der Waals surface area contributed by atoms with Gasteiger partial charge in [0.2, 0.25) is 11.8 Å². The normalized spacial score (nSPS) is 13.9. The SMILES string of the molecule is CCN(CCNC(=O)Cc1csc(N2CCCC2=O)n1)c1cccc(C)c1. The van der Waals surface area contributed by atoms with Gasteiger partial charge in [0.05, 0.1) is 12.1 Å². The highest BCUT2D eigenvalue weighted by molar-refractivity contribution is 7.14. The van der Waals surface area contributed by atoms with Crippen LogP contribution in [0.4, 0.5) is 10.8 Å². The first-order valence-electron chi connectivity index (χ1n) is 9.40. The van der Waals surface area contributed by atoms with Crippen LogP contribution < -0.4 is 15.1 Å². The monoisotopic (exact) mass is 386 g/mol. The number of hydrogen-bond acceptors (Lipinski definition) is 5. The maximum absolute atomic E-state index is 12.2. The van der Waals surface area contributed by atoms with Crippen LogP contribution in [0.25, 0.3) is 0 Å². The van der Waals surface area contributed by atoms with Crippen LogP contribution in [0.1, 0.15) is 31.0 Å². The van der Waals surface area contributed by atoms with Crippen molar-refractivity contribution < 1.29 is 9.59 Å². The second-order valence-electron chi connectivity index (χ2n) is 6.72. The van der Waals surface area contributed by atoms with Gasteiger partial charge in [0, 0.05) is 43.7 Å². The van der Waals surface area contributed by atoms with E-state index in [1.807, 2.05) is 5.38 Å². The molecule has 1 aromatic carbocycles. The topological polar surface area (TPSA) is 65.5 Å². The number of aryl methyl sites for hydroxylation is 1. The number of hydrogen-bond donors (Lipinski definition) is 1. The molecule has 6 nitrogen and oxygen atoms in total. The zero-order chi connectivity index (χ0) is 19.2. The van der Waals surface area contributed by atoms with E-state index in [1.54, 1.807) is 4.90 Å². The van der Waals surface area contributed by atoms with Crippen molar-refractivity contribution in [3.05, 3.63) is 40.9 Å². The van der Waals surface area contributed by atoms with Gasteiger partial charge >= 0.3 is 0 Å². The lowest BCUT2D eigenvalue weighted by atomic mass is 10.2. The molecule has 2 heterocycles. The average Bonchev–Trinajstić information content (AvgIpc) is 3.27. The second kappa shape index (κ2) is 8.99. The minimum Gasteiger partial charge on any atom is -0.370 e. The van der Waals surface area contributed by atoms with Gasteiger partial charge in [-0.25, -0.2) is 4.98 Å². The van der Waals surface area contributed by atoms with E-state index >= 15 is 0 Å². The summed E-state index contributed by atoms with van der Waals surface area (Å²) in [6.45, 7) is 7.15. The molecule has 1 fully saturated rings. The fourth-order valence-electron chi connectivity index (χ4n) is 3.20. The summed E-state index contributed by atoms with van der Waals surface area (Å²) in [6.07, 6.45) is 1.71. The van der Waals surface area contributed by atoms with Crippen molar-refractivity contribution in [3.8, 4) is 0 Å². The molecule has 2 aromatic rings. The summed E-state index contributed by atoms with van der Waals surface area (Å²) in [5.74, 6) is 0.0797. The number of rotatable bonds is 8. The molecule has 27 heavy (non-hydrogen) atoms. The number of benzene rings is 1. The second-order valence-corrected chi connectivity index (χ2v) is 7.55. The lowest BCUT2D eigenvalue weighted by Gasteiger charge is -2.23. The van der Waals surface area contributed by atoms with Crippen molar-refractivity contribution in [2.45, 2.75) is 33.1 Å². The van der Waals surface area contributed by atoms with Crippen LogP contribution in [0.2, 0.25) is 0 Å². The Morgan fingerprint density at radius 1 is 1.41 bits per heavy atom. The Morgan fingerprint density at radius 2 is 2.26 bits per heavy atom. The van der Waals surface area contributed by atoms with Crippen molar-refractivity contribution in [2.75, 3.05) is 36.0 Å². The van der Waals surface area contributed by atoms with Gasteiger partial charge in [0.15, 0.2) is 5.13 Å². The molecule has 144 valence electrons. The summed E-state index contributed by atoms with van der Waals surface area (Å²) in [5, 5.41) is 5.54. The quantitative estimate of drug-likeness (QED) is 0.758. The third-order valence-electron chi connectivity index (χ3n) is 4.64. The molecule has 1 aliphatic heterocycles. The van der Waals surface area contributed by atoms with Crippen LogP contribution in [0.15, 0.2) is 29.6 Å². The third-order valence-corrected chi connectivity index (χ3v) is 5.55. The first kappa shape index (κ1) is 19.4. The minimum absolute atomic E-state index is 0.0418. The molecule has 1 aromatic heterocycles. The molecular weight excluding hydrogens is 360 g/mol. The van der Waals surface area contributed by atoms with Gasteiger partial charge in [-0.2, -0.15) is 0 Å². The van der Waals surface area contributed by atoms with Crippen molar-refractivity contribution in [2.24, 2.45) is 0 Å². The van der Waals surface area contributed by atoms with E-state index in [-0.39, 0.29) is 18.2 Å². The summed E-state index contributed by atoms with van der Waals surface area (Å²) in [6, 6.07) is 8.38. The molecule has 1 aliphatic rings. The zero-order valence-corrected chi connectivity index (χ0v) is 16.7. The standard InChI is InChI=1S/C20H26N4O2S/c1-3-23(17-7-4-6-15(2)12-17)11-9-21-18(25)13-16-14-27-20(22-16)24-10-5-8-19(24)26/h4,6-7,12,14H,3,5,8-11,13H2,1-2H3,(H,21,25). The fourth-order valence-corrected chi connectivity index (χ4v) is 4.07. The number of aromatic nitrogens is 1. The Hall–Kier alpha value is -2.41. The van der Waals surface area contributed by atoms with E-state index in [4.69, 9.17) is 0 Å². The van der Waals surface area contributed by atoms with E-state index in [0.717, 1.165) is 31.7 Å². The molecule has 0 spiro atoms. The molecule has 7 heteroatoms. The van der Waals surface area contributed by atoms with Crippen LogP contribution in [-0.4, -0.2) is 43.0 Å². The molecular formula is C20H26N4O2S. The minimum atomic E-state index is -0.0418. The van der Waals surface area contributed by atoms with E-state index < -0.39 is 0 Å². The van der Waals surface area contributed by atoms with Gasteiger partial charge in [-0.05, 0) is 38.0 Å². The Bertz CT molecular complexity index is 805. The summed E-state index contributed by atoms with van der Waals surface area (Å²) in [5.41, 5.74) is 3.12. The van der Waals surface area contributed by atoms with Gasteiger partial charge in [-0.15, -0.1) is 11.3 Å². The highest BCUT2D eigenvalue weighted by Gasteiger charge is 2.24. The van der Waals surface area contributed by atoms with Crippen molar-refractivity contribution in [3.63, 3.8) is 0 Å². The number of carbonyl (C=O) groups excluding carboxylic acids is 2. The highest BCUT2D eigenvalue weighted by atomic mass is 32.1. The molecule has 0 saturated carbocycles. The predicted octanol–water partition coefficient (Wildman–Crippen LogP) is 2.76. The number of likely N-dealkylation sites (N-methyl/N-ethyl adjacent to an activating group) is 1. The van der Waals surface area contributed by atoms with Crippen LogP contribution in [0.3, 0.4) is 0 Å². The summed E-state index contributed by atoms with van der Waals surface area (Å²) in [4.78, 5) is 32.4. The first-order chi connectivity index (χ1) is 13.1. The molecule has 1 N–H and O–H groups in total. The molecule has 0 atom stereocenters. The molecule has 1 saturated heterocycles. The molecule has 3 rings (SSSR count). The number of nitrogens with one attached hydrogen (secondary N) is 1. The van der Waals surface area contributed by atoms with Crippen molar-refractivity contribution in [1.82, 2.24) is 10.3 Å². The van der Waals surface area contributed by atoms with Crippen molar-refractivity contribution in [1.29, 1.82) is 0 Å². The Morgan fingerprint density at radius 3 is 2.96 bits per heavy atom. The highest BCUT2D eigenvalue weighted by Crippen LogP contribution is 2.25. The number of carbonyl (C=O) groups is 2. The van der Waals surface area contributed by atoms with Gasteiger partial charge in [0.25, 0.3) is 0 Å². The van der Waals surface area contributed by atoms with E-state index in [0.29, 0.717) is 18.1 Å². The Balaban J connectivity index is 1.47. The van der Waals surface area contributed by atoms with Gasteiger partial charge in [-0.3, -0.25) is 14.5 Å². The summed E-state index contributed by atoms with van der Waals surface area (Å²) >= 11 is 1.43. The molecule has 0 radical (unpaired) electrons. The smallest absolute Gasteiger partial charge is 0.228 e. The number of amides is 2. The van der Waals surface area contributed by atoms with Crippen LogP contribution in [0.5, 0.6) is 0 Å². The summed E-state index contributed by atoms with van der Waals surface area (Å²) < 4.78 is 0.